The Labute approximate surface area is 102 Å². The first-order valence-electron chi connectivity index (χ1n) is 6.55. The van der Waals surface area contributed by atoms with E-state index in [1.54, 1.807) is 0 Å². The minimum absolute atomic E-state index is 0.309. The fraction of sp³-hybridized carbons (Fsp3) is 1.00. The summed E-state index contributed by atoms with van der Waals surface area (Å²) in [6.07, 6.45) is 4.37. The summed E-state index contributed by atoms with van der Waals surface area (Å²) in [5.41, 5.74) is 0. The quantitative estimate of drug-likeness (QED) is 0.521. The van der Waals surface area contributed by atoms with Crippen LogP contribution in [0, 0.1) is 0 Å². The molecule has 16 heavy (non-hydrogen) atoms. The van der Waals surface area contributed by atoms with Gasteiger partial charge in [0.25, 0.3) is 0 Å². The molecule has 1 heterocycles. The summed E-state index contributed by atoms with van der Waals surface area (Å²) in [6.45, 7) is 14.8. The van der Waals surface area contributed by atoms with E-state index in [1.165, 1.54) is 12.8 Å². The standard InChI is InChI=1S/C13H28O2Si/c1-7-8-11(9-12-10-14-12)15-16(5,6)13(2,3)4/h11-12H,7-10H2,1-6H3/t11-,12-/m0/s1. The van der Waals surface area contributed by atoms with E-state index in [4.69, 9.17) is 9.16 Å². The van der Waals surface area contributed by atoms with Crippen LogP contribution in [0.2, 0.25) is 18.1 Å². The molecule has 0 spiro atoms. The van der Waals surface area contributed by atoms with Crippen molar-refractivity contribution in [1.29, 1.82) is 0 Å². The lowest BCUT2D eigenvalue weighted by Gasteiger charge is -2.39. The van der Waals surface area contributed by atoms with E-state index in [2.05, 4.69) is 40.8 Å². The third-order valence-electron chi connectivity index (χ3n) is 3.81. The molecule has 0 N–H and O–H groups in total. The van der Waals surface area contributed by atoms with Crippen LogP contribution in [0.4, 0.5) is 0 Å². The van der Waals surface area contributed by atoms with Crippen LogP contribution >= 0.6 is 0 Å². The normalized spacial score (nSPS) is 23.2. The molecule has 0 unspecified atom stereocenters. The third kappa shape index (κ3) is 4.19. The first-order valence-corrected chi connectivity index (χ1v) is 9.46. The van der Waals surface area contributed by atoms with Gasteiger partial charge in [-0.15, -0.1) is 0 Å². The molecule has 2 atom stereocenters. The van der Waals surface area contributed by atoms with Crippen molar-refractivity contribution in [2.45, 2.75) is 77.3 Å². The molecule has 1 aliphatic heterocycles. The molecule has 1 aliphatic rings. The van der Waals surface area contributed by atoms with Crippen molar-refractivity contribution < 1.29 is 9.16 Å². The Morgan fingerprint density at radius 2 is 1.94 bits per heavy atom. The minimum Gasteiger partial charge on any atom is -0.414 e. The Hall–Kier alpha value is 0.137. The van der Waals surface area contributed by atoms with E-state index in [0.29, 0.717) is 17.2 Å². The van der Waals surface area contributed by atoms with E-state index in [1.807, 2.05) is 0 Å². The lowest BCUT2D eigenvalue weighted by molar-refractivity contribution is 0.149. The van der Waals surface area contributed by atoms with Gasteiger partial charge in [0.1, 0.15) is 0 Å². The van der Waals surface area contributed by atoms with Crippen molar-refractivity contribution >= 4 is 8.32 Å². The highest BCUT2D eigenvalue weighted by Crippen LogP contribution is 2.38. The molecular formula is C13H28O2Si. The van der Waals surface area contributed by atoms with Gasteiger partial charge >= 0.3 is 0 Å². The van der Waals surface area contributed by atoms with Gasteiger partial charge in [-0.2, -0.15) is 0 Å². The van der Waals surface area contributed by atoms with Gasteiger partial charge in [-0.1, -0.05) is 34.1 Å². The Balaban J connectivity index is 2.51. The average molecular weight is 244 g/mol. The summed E-state index contributed by atoms with van der Waals surface area (Å²) < 4.78 is 11.8. The van der Waals surface area contributed by atoms with Crippen molar-refractivity contribution in [3.05, 3.63) is 0 Å². The van der Waals surface area contributed by atoms with E-state index in [0.717, 1.165) is 13.0 Å². The molecule has 0 aliphatic carbocycles. The van der Waals surface area contributed by atoms with Gasteiger partial charge in [-0.3, -0.25) is 0 Å². The predicted molar refractivity (Wildman–Crippen MR) is 71.3 cm³/mol. The Morgan fingerprint density at radius 1 is 1.38 bits per heavy atom. The third-order valence-corrected chi connectivity index (χ3v) is 8.34. The van der Waals surface area contributed by atoms with Gasteiger partial charge in [-0.25, -0.2) is 0 Å². The number of hydrogen-bond donors (Lipinski definition) is 0. The molecule has 0 radical (unpaired) electrons. The topological polar surface area (TPSA) is 21.8 Å². The van der Waals surface area contributed by atoms with Crippen molar-refractivity contribution in [2.24, 2.45) is 0 Å². The van der Waals surface area contributed by atoms with Crippen LogP contribution in [-0.2, 0) is 9.16 Å². The van der Waals surface area contributed by atoms with Crippen LogP contribution in [0.25, 0.3) is 0 Å². The second kappa shape index (κ2) is 5.19. The highest BCUT2D eigenvalue weighted by atomic mass is 28.4. The van der Waals surface area contributed by atoms with E-state index in [9.17, 15) is 0 Å². The van der Waals surface area contributed by atoms with E-state index >= 15 is 0 Å². The molecule has 0 aromatic heterocycles. The summed E-state index contributed by atoms with van der Waals surface area (Å²) in [7, 11) is -1.60. The van der Waals surface area contributed by atoms with E-state index < -0.39 is 8.32 Å². The molecule has 2 nitrogen and oxygen atoms in total. The van der Waals surface area contributed by atoms with Gasteiger partial charge in [0.2, 0.25) is 0 Å². The van der Waals surface area contributed by atoms with Crippen LogP contribution in [0.3, 0.4) is 0 Å². The fourth-order valence-electron chi connectivity index (χ4n) is 1.64. The number of epoxide rings is 1. The van der Waals surface area contributed by atoms with Crippen molar-refractivity contribution in [2.75, 3.05) is 6.61 Å². The largest absolute Gasteiger partial charge is 0.414 e. The maximum atomic E-state index is 6.45. The van der Waals surface area contributed by atoms with Crippen molar-refractivity contribution in [1.82, 2.24) is 0 Å². The molecule has 1 saturated heterocycles. The van der Waals surface area contributed by atoms with Crippen LogP contribution < -0.4 is 0 Å². The van der Waals surface area contributed by atoms with Crippen LogP contribution in [0.1, 0.15) is 47.0 Å². The summed E-state index contributed by atoms with van der Waals surface area (Å²) in [5, 5.41) is 0.309. The molecule has 0 bridgehead atoms. The van der Waals surface area contributed by atoms with Crippen molar-refractivity contribution in [3.63, 3.8) is 0 Å². The smallest absolute Gasteiger partial charge is 0.192 e. The highest BCUT2D eigenvalue weighted by molar-refractivity contribution is 6.74. The molecule has 1 fully saturated rings. The fourth-order valence-corrected chi connectivity index (χ4v) is 3.04. The predicted octanol–water partition coefficient (Wildman–Crippen LogP) is 3.97. The second-order valence-electron chi connectivity index (χ2n) is 6.48. The number of rotatable bonds is 6. The molecule has 3 heteroatoms. The van der Waals surface area contributed by atoms with Crippen LogP contribution in [-0.4, -0.2) is 27.1 Å². The minimum atomic E-state index is -1.60. The molecule has 0 amide bonds. The molecule has 1 rings (SSSR count). The molecule has 96 valence electrons. The van der Waals surface area contributed by atoms with Gasteiger partial charge in [0.15, 0.2) is 8.32 Å². The number of ether oxygens (including phenoxy) is 1. The summed E-state index contributed by atoms with van der Waals surface area (Å²) in [5.74, 6) is 0. The second-order valence-corrected chi connectivity index (χ2v) is 11.2. The average Bonchev–Trinajstić information content (AvgIpc) is 2.85. The highest BCUT2D eigenvalue weighted by Gasteiger charge is 2.40. The lowest BCUT2D eigenvalue weighted by atomic mass is 10.1. The monoisotopic (exact) mass is 244 g/mol. The SMILES string of the molecule is CCC[C@@H](C[C@H]1CO1)O[Si](C)(C)C(C)(C)C. The van der Waals surface area contributed by atoms with E-state index in [-0.39, 0.29) is 0 Å². The first-order chi connectivity index (χ1) is 7.26. The zero-order valence-corrected chi connectivity index (χ0v) is 12.8. The number of hydrogen-bond acceptors (Lipinski definition) is 2. The van der Waals surface area contributed by atoms with Gasteiger partial charge in [0.05, 0.1) is 12.7 Å². The Kier molecular flexibility index (Phi) is 4.61. The maximum Gasteiger partial charge on any atom is 0.192 e. The molecule has 0 saturated carbocycles. The molecular weight excluding hydrogens is 216 g/mol. The molecule has 0 aromatic rings. The van der Waals surface area contributed by atoms with Crippen LogP contribution in [0.15, 0.2) is 0 Å². The Bertz CT molecular complexity index is 216. The van der Waals surface area contributed by atoms with Crippen LogP contribution in [0.5, 0.6) is 0 Å². The Morgan fingerprint density at radius 3 is 2.31 bits per heavy atom. The zero-order chi connectivity index (χ0) is 12.4. The molecule has 0 aromatic carbocycles. The summed E-state index contributed by atoms with van der Waals surface area (Å²) in [4.78, 5) is 0. The van der Waals surface area contributed by atoms with Gasteiger partial charge < -0.3 is 9.16 Å². The zero-order valence-electron chi connectivity index (χ0n) is 11.8. The summed E-state index contributed by atoms with van der Waals surface area (Å²) in [6, 6.07) is 0. The van der Waals surface area contributed by atoms with Gasteiger partial charge in [-0.05, 0) is 24.6 Å². The van der Waals surface area contributed by atoms with Gasteiger partial charge in [0, 0.05) is 12.5 Å². The lowest BCUT2D eigenvalue weighted by Crippen LogP contribution is -2.44. The first kappa shape index (κ1) is 14.2. The van der Waals surface area contributed by atoms with Crippen molar-refractivity contribution in [3.8, 4) is 0 Å². The summed E-state index contributed by atoms with van der Waals surface area (Å²) >= 11 is 0. The maximum absolute atomic E-state index is 6.45.